The molecule has 2 aromatic carbocycles. The molecule has 48 heavy (non-hydrogen) atoms. The van der Waals surface area contributed by atoms with Crippen molar-refractivity contribution in [2.45, 2.75) is 68.8 Å². The van der Waals surface area contributed by atoms with Crippen LogP contribution in [0.5, 0.6) is 6.01 Å². The van der Waals surface area contributed by atoms with Crippen LogP contribution in [0.15, 0.2) is 24.3 Å². The number of nitrogens with one attached hydrogen (secondary N) is 1. The second kappa shape index (κ2) is 12.0. The van der Waals surface area contributed by atoms with Crippen molar-refractivity contribution in [2.24, 2.45) is 0 Å². The Morgan fingerprint density at radius 3 is 2.77 bits per heavy atom. The molecular formula is C35H38F3N7O2S. The second-order valence-corrected chi connectivity index (χ2v) is 14.8. The summed E-state index contributed by atoms with van der Waals surface area (Å²) in [5.41, 5.74) is 6.02. The monoisotopic (exact) mass is 677 g/mol. The Morgan fingerprint density at radius 1 is 1.15 bits per heavy atom. The average molecular weight is 678 g/mol. The lowest BCUT2D eigenvalue weighted by molar-refractivity contribution is 0.0521. The van der Waals surface area contributed by atoms with Gasteiger partial charge in [-0.15, -0.1) is 11.3 Å². The van der Waals surface area contributed by atoms with Crippen LogP contribution in [0, 0.1) is 23.0 Å². The lowest BCUT2D eigenvalue weighted by Crippen LogP contribution is -2.63. The zero-order valence-electron chi connectivity index (χ0n) is 26.8. The van der Waals surface area contributed by atoms with E-state index in [4.69, 9.17) is 20.2 Å². The number of piperazine rings is 1. The fourth-order valence-electron chi connectivity index (χ4n) is 7.90. The Labute approximate surface area is 280 Å². The highest BCUT2D eigenvalue weighted by atomic mass is 32.1. The summed E-state index contributed by atoms with van der Waals surface area (Å²) in [7, 11) is 0. The van der Waals surface area contributed by atoms with Gasteiger partial charge in [0.2, 0.25) is 0 Å². The van der Waals surface area contributed by atoms with Crippen LogP contribution >= 0.6 is 11.3 Å². The molecule has 13 heteroatoms. The summed E-state index contributed by atoms with van der Waals surface area (Å²) in [6.07, 6.45) is 4.55. The molecule has 4 fully saturated rings. The zero-order valence-corrected chi connectivity index (χ0v) is 27.6. The van der Waals surface area contributed by atoms with Crippen molar-refractivity contribution in [1.29, 1.82) is 5.26 Å². The van der Waals surface area contributed by atoms with Crippen LogP contribution in [0.4, 0.5) is 24.0 Å². The first-order chi connectivity index (χ1) is 23.2. The van der Waals surface area contributed by atoms with E-state index in [-0.39, 0.29) is 49.9 Å². The minimum Gasteiger partial charge on any atom is -0.461 e. The number of hydrogen-bond donors (Lipinski definition) is 2. The standard InChI is InChI=1S/C35H38F3N7O2S/c1-2-34(18-46-21-4-5-21)17-44(13-11-41-34)32-24-7-6-23(22-8-9-26(37)30-27(22)25(15-39)31(40)48-30)28(38)29(24)42-33(43-32)47-19-35-10-3-12-45(35)16-20(36)14-35/h6-9,20-21,41H,2-5,10-14,16-19,40H2,1H3/t20-,34-,35+/m1/s1. The van der Waals surface area contributed by atoms with Gasteiger partial charge >= 0.3 is 6.01 Å². The van der Waals surface area contributed by atoms with Gasteiger partial charge in [0, 0.05) is 48.9 Å². The smallest absolute Gasteiger partial charge is 0.319 e. The molecule has 3 saturated heterocycles. The van der Waals surface area contributed by atoms with Gasteiger partial charge in [0.05, 0.1) is 34.1 Å². The molecule has 9 nitrogen and oxygen atoms in total. The largest absolute Gasteiger partial charge is 0.461 e. The number of anilines is 2. The third kappa shape index (κ3) is 5.33. The molecule has 3 atom stereocenters. The molecule has 0 amide bonds. The minimum absolute atomic E-state index is 0.0219. The van der Waals surface area contributed by atoms with Crippen LogP contribution < -0.4 is 20.7 Å². The number of fused-ring (bicyclic) bond motifs is 3. The Bertz CT molecular complexity index is 1950. The maximum Gasteiger partial charge on any atom is 0.319 e. The molecule has 0 bridgehead atoms. The van der Waals surface area contributed by atoms with Gasteiger partial charge in [-0.25, -0.2) is 13.2 Å². The lowest BCUT2D eigenvalue weighted by Gasteiger charge is -2.44. The molecule has 8 rings (SSSR count). The number of alkyl halides is 1. The van der Waals surface area contributed by atoms with E-state index in [0.29, 0.717) is 62.1 Å². The summed E-state index contributed by atoms with van der Waals surface area (Å²) in [5, 5.41) is 14.5. The number of halogens is 3. The maximum atomic E-state index is 16.9. The molecule has 1 saturated carbocycles. The third-order valence-corrected chi connectivity index (χ3v) is 11.7. The summed E-state index contributed by atoms with van der Waals surface area (Å²) >= 11 is 0.968. The fourth-order valence-corrected chi connectivity index (χ4v) is 8.85. The van der Waals surface area contributed by atoms with E-state index in [1.54, 1.807) is 12.1 Å². The number of benzene rings is 2. The molecule has 2 aromatic heterocycles. The Morgan fingerprint density at radius 2 is 1.98 bits per heavy atom. The SMILES string of the molecule is CC[C@]1(COC2CC2)CN(c2nc(OC[C@@]34CCCN3C[C@H](F)C4)nc3c(F)c(-c4ccc(F)c5sc(N)c(C#N)c45)ccc23)CCN1. The van der Waals surface area contributed by atoms with E-state index < -0.39 is 23.3 Å². The highest BCUT2D eigenvalue weighted by Crippen LogP contribution is 2.44. The fraction of sp³-hybridized carbons (Fsp3) is 0.514. The van der Waals surface area contributed by atoms with Crippen LogP contribution in [0.2, 0.25) is 0 Å². The van der Waals surface area contributed by atoms with Crippen molar-refractivity contribution in [3.63, 3.8) is 0 Å². The zero-order chi connectivity index (χ0) is 33.2. The number of nitrogens with two attached hydrogens (primary N) is 1. The van der Waals surface area contributed by atoms with Crippen LogP contribution in [0.3, 0.4) is 0 Å². The molecule has 0 radical (unpaired) electrons. The van der Waals surface area contributed by atoms with Crippen LogP contribution in [0.1, 0.15) is 51.0 Å². The highest BCUT2D eigenvalue weighted by Gasteiger charge is 2.49. The molecule has 4 aromatic rings. The Kier molecular flexibility index (Phi) is 7.90. The second-order valence-electron chi connectivity index (χ2n) is 13.8. The van der Waals surface area contributed by atoms with Crippen molar-refractivity contribution in [3.05, 3.63) is 41.5 Å². The van der Waals surface area contributed by atoms with E-state index in [9.17, 15) is 14.0 Å². The number of hydrogen-bond acceptors (Lipinski definition) is 10. The summed E-state index contributed by atoms with van der Waals surface area (Å²) in [6.45, 7) is 6.00. The molecule has 3 N–H and O–H groups in total. The first-order valence-electron chi connectivity index (χ1n) is 16.8. The predicted molar refractivity (Wildman–Crippen MR) is 180 cm³/mol. The number of nitriles is 1. The number of aromatic nitrogens is 2. The molecule has 1 aliphatic carbocycles. The van der Waals surface area contributed by atoms with Crippen LogP contribution in [-0.2, 0) is 4.74 Å². The van der Waals surface area contributed by atoms with Gasteiger partial charge in [0.25, 0.3) is 0 Å². The normalized spacial score (nSPS) is 26.0. The van der Waals surface area contributed by atoms with E-state index >= 15 is 4.39 Å². The molecular weight excluding hydrogens is 639 g/mol. The highest BCUT2D eigenvalue weighted by molar-refractivity contribution is 7.23. The summed E-state index contributed by atoms with van der Waals surface area (Å²) in [6, 6.07) is 8.24. The predicted octanol–water partition coefficient (Wildman–Crippen LogP) is 5.94. The van der Waals surface area contributed by atoms with Gasteiger partial charge in [0.15, 0.2) is 5.82 Å². The van der Waals surface area contributed by atoms with Crippen LogP contribution in [-0.4, -0.2) is 84.2 Å². The lowest BCUT2D eigenvalue weighted by atomic mass is 9.93. The number of nitrogens with zero attached hydrogens (tertiary/aromatic N) is 5. The van der Waals surface area contributed by atoms with Crippen molar-refractivity contribution < 1.29 is 22.6 Å². The summed E-state index contributed by atoms with van der Waals surface area (Å²) in [5.74, 6) is -0.620. The number of thiophene rings is 1. The third-order valence-electron chi connectivity index (χ3n) is 10.7. The van der Waals surface area contributed by atoms with Gasteiger partial charge in [-0.2, -0.15) is 15.2 Å². The van der Waals surface area contributed by atoms with Gasteiger partial charge in [-0.05, 0) is 56.3 Å². The number of ether oxygens (including phenoxy) is 2. The van der Waals surface area contributed by atoms with E-state index in [0.717, 1.165) is 50.0 Å². The molecule has 5 heterocycles. The number of nitrogen functional groups attached to an aromatic ring is 1. The van der Waals surface area contributed by atoms with E-state index in [1.165, 1.54) is 12.1 Å². The van der Waals surface area contributed by atoms with Gasteiger partial charge in [-0.1, -0.05) is 19.1 Å². The van der Waals surface area contributed by atoms with Crippen molar-refractivity contribution in [3.8, 4) is 23.2 Å². The van der Waals surface area contributed by atoms with Gasteiger partial charge in [0.1, 0.15) is 41.0 Å². The average Bonchev–Trinajstić information content (AvgIpc) is 3.64. The first kappa shape index (κ1) is 31.6. The maximum absolute atomic E-state index is 16.9. The quantitative estimate of drug-likeness (QED) is 0.223. The van der Waals surface area contributed by atoms with E-state index in [2.05, 4.69) is 33.1 Å². The van der Waals surface area contributed by atoms with Gasteiger partial charge in [-0.3, -0.25) is 4.90 Å². The first-order valence-corrected chi connectivity index (χ1v) is 17.6. The Hall–Kier alpha value is -3.70. The molecule has 4 aliphatic rings. The van der Waals surface area contributed by atoms with Gasteiger partial charge < -0.3 is 25.4 Å². The molecule has 0 unspecified atom stereocenters. The molecule has 252 valence electrons. The summed E-state index contributed by atoms with van der Waals surface area (Å²) in [4.78, 5) is 13.8. The number of rotatable bonds is 9. The van der Waals surface area contributed by atoms with Crippen molar-refractivity contribution >= 4 is 43.1 Å². The van der Waals surface area contributed by atoms with Crippen molar-refractivity contribution in [1.82, 2.24) is 20.2 Å². The topological polar surface area (TPSA) is 113 Å². The Balaban J connectivity index is 1.23. The molecule has 3 aliphatic heterocycles. The van der Waals surface area contributed by atoms with E-state index in [1.807, 2.05) is 0 Å². The minimum atomic E-state index is -0.917. The molecule has 0 spiro atoms. The summed E-state index contributed by atoms with van der Waals surface area (Å²) < 4.78 is 59.0. The van der Waals surface area contributed by atoms with Crippen molar-refractivity contribution in [2.75, 3.05) is 56.6 Å². The van der Waals surface area contributed by atoms with Crippen LogP contribution in [0.25, 0.3) is 32.1 Å².